The highest BCUT2D eigenvalue weighted by Crippen LogP contribution is 2.27. The van der Waals surface area contributed by atoms with Gasteiger partial charge < -0.3 is 14.4 Å². The topological polar surface area (TPSA) is 72.9 Å². The Morgan fingerprint density at radius 1 is 1.00 bits per heavy atom. The van der Waals surface area contributed by atoms with E-state index in [1.54, 1.807) is 60.7 Å². The first-order chi connectivity index (χ1) is 15.5. The van der Waals surface area contributed by atoms with Crippen LogP contribution in [0.25, 0.3) is 0 Å². The van der Waals surface area contributed by atoms with Gasteiger partial charge in [-0.3, -0.25) is 4.79 Å². The Balaban J connectivity index is 1.48. The van der Waals surface area contributed by atoms with Crippen LogP contribution in [0, 0.1) is 0 Å². The van der Waals surface area contributed by atoms with Crippen molar-refractivity contribution in [3.05, 3.63) is 100 Å². The SMILES string of the molecule is COC(=O)[C@H](Cc1ccc(OC(=O)c2ccccc2Cl)cc1)N1Cc2ccccc2C1=O. The second-order valence-electron chi connectivity index (χ2n) is 7.35. The van der Waals surface area contributed by atoms with Crippen LogP contribution in [0.15, 0.2) is 72.8 Å². The molecule has 7 heteroatoms. The minimum atomic E-state index is -0.767. The summed E-state index contributed by atoms with van der Waals surface area (Å²) in [5.74, 6) is -0.893. The van der Waals surface area contributed by atoms with Gasteiger partial charge in [0.25, 0.3) is 5.91 Å². The van der Waals surface area contributed by atoms with Gasteiger partial charge in [-0.05, 0) is 41.5 Å². The Bertz CT molecular complexity index is 1170. The van der Waals surface area contributed by atoms with Gasteiger partial charge in [0.2, 0.25) is 0 Å². The summed E-state index contributed by atoms with van der Waals surface area (Å²) < 4.78 is 10.4. The molecule has 0 spiro atoms. The molecular formula is C25H20ClNO5. The third-order valence-electron chi connectivity index (χ3n) is 5.36. The molecule has 0 radical (unpaired) electrons. The monoisotopic (exact) mass is 449 g/mol. The van der Waals surface area contributed by atoms with Crippen molar-refractivity contribution in [2.24, 2.45) is 0 Å². The first-order valence-electron chi connectivity index (χ1n) is 10.0. The lowest BCUT2D eigenvalue weighted by Gasteiger charge is -2.25. The van der Waals surface area contributed by atoms with E-state index in [4.69, 9.17) is 21.1 Å². The van der Waals surface area contributed by atoms with Crippen LogP contribution < -0.4 is 4.74 Å². The Morgan fingerprint density at radius 2 is 1.69 bits per heavy atom. The Kier molecular flexibility index (Phi) is 6.23. The average molecular weight is 450 g/mol. The van der Waals surface area contributed by atoms with Crippen molar-refractivity contribution in [2.45, 2.75) is 19.0 Å². The largest absolute Gasteiger partial charge is 0.467 e. The smallest absolute Gasteiger partial charge is 0.345 e. The lowest BCUT2D eigenvalue weighted by atomic mass is 10.0. The zero-order valence-corrected chi connectivity index (χ0v) is 18.0. The number of ether oxygens (including phenoxy) is 2. The van der Waals surface area contributed by atoms with Gasteiger partial charge in [-0.1, -0.05) is 54.1 Å². The summed E-state index contributed by atoms with van der Waals surface area (Å²) in [7, 11) is 1.31. The number of fused-ring (bicyclic) bond motifs is 1. The maximum Gasteiger partial charge on any atom is 0.345 e. The van der Waals surface area contributed by atoms with E-state index in [0.29, 0.717) is 22.9 Å². The van der Waals surface area contributed by atoms with E-state index in [0.717, 1.165) is 11.1 Å². The number of carbonyl (C=O) groups excluding carboxylic acids is 3. The highest BCUT2D eigenvalue weighted by Gasteiger charge is 2.36. The minimum Gasteiger partial charge on any atom is -0.467 e. The molecule has 0 saturated heterocycles. The fourth-order valence-electron chi connectivity index (χ4n) is 3.69. The summed E-state index contributed by atoms with van der Waals surface area (Å²) in [5, 5.41) is 0.311. The summed E-state index contributed by atoms with van der Waals surface area (Å²) in [6, 6.07) is 20.0. The molecular weight excluding hydrogens is 430 g/mol. The summed E-state index contributed by atoms with van der Waals surface area (Å²) >= 11 is 6.04. The molecule has 0 fully saturated rings. The molecule has 1 amide bonds. The molecule has 3 aromatic carbocycles. The molecule has 0 N–H and O–H groups in total. The van der Waals surface area contributed by atoms with Crippen molar-refractivity contribution >= 4 is 29.4 Å². The van der Waals surface area contributed by atoms with Crippen LogP contribution in [0.5, 0.6) is 5.75 Å². The van der Waals surface area contributed by atoms with E-state index in [1.165, 1.54) is 12.0 Å². The molecule has 0 aliphatic carbocycles. The maximum absolute atomic E-state index is 12.8. The molecule has 0 bridgehead atoms. The molecule has 1 heterocycles. The molecule has 0 aromatic heterocycles. The van der Waals surface area contributed by atoms with E-state index < -0.39 is 18.0 Å². The van der Waals surface area contributed by atoms with Crippen LogP contribution in [0.3, 0.4) is 0 Å². The standard InChI is InChI=1S/C25H20ClNO5/c1-31-25(30)22(27-15-17-6-2-3-7-19(17)23(27)28)14-16-10-12-18(13-11-16)32-24(29)20-8-4-5-9-21(20)26/h2-13,22H,14-15H2,1H3/t22-/m0/s1. The lowest BCUT2D eigenvalue weighted by molar-refractivity contribution is -0.146. The first kappa shape index (κ1) is 21.6. The summed E-state index contributed by atoms with van der Waals surface area (Å²) in [5.41, 5.74) is 2.55. The molecule has 3 aromatic rings. The Hall–Kier alpha value is -3.64. The number of carbonyl (C=O) groups is 3. The van der Waals surface area contributed by atoms with E-state index in [1.807, 2.05) is 12.1 Å². The second kappa shape index (κ2) is 9.24. The van der Waals surface area contributed by atoms with Crippen molar-refractivity contribution in [1.29, 1.82) is 0 Å². The van der Waals surface area contributed by atoms with Crippen LogP contribution in [0.2, 0.25) is 5.02 Å². The van der Waals surface area contributed by atoms with Gasteiger partial charge in [0.15, 0.2) is 0 Å². The predicted octanol–water partition coefficient (Wildman–Crippen LogP) is 4.30. The van der Waals surface area contributed by atoms with Crippen LogP contribution in [-0.2, 0) is 22.5 Å². The van der Waals surface area contributed by atoms with Crippen molar-refractivity contribution < 1.29 is 23.9 Å². The number of hydrogen-bond donors (Lipinski definition) is 0. The second-order valence-corrected chi connectivity index (χ2v) is 7.75. The van der Waals surface area contributed by atoms with Crippen LogP contribution in [-0.4, -0.2) is 35.9 Å². The molecule has 162 valence electrons. The van der Waals surface area contributed by atoms with Crippen molar-refractivity contribution in [1.82, 2.24) is 4.90 Å². The maximum atomic E-state index is 12.8. The molecule has 32 heavy (non-hydrogen) atoms. The number of nitrogens with zero attached hydrogens (tertiary/aromatic N) is 1. The van der Waals surface area contributed by atoms with Gasteiger partial charge in [-0.25, -0.2) is 9.59 Å². The van der Waals surface area contributed by atoms with Gasteiger partial charge in [0.1, 0.15) is 11.8 Å². The lowest BCUT2D eigenvalue weighted by Crippen LogP contribution is -2.43. The quantitative estimate of drug-likeness (QED) is 0.414. The highest BCUT2D eigenvalue weighted by atomic mass is 35.5. The number of methoxy groups -OCH3 is 1. The third-order valence-corrected chi connectivity index (χ3v) is 5.69. The fraction of sp³-hybridized carbons (Fsp3) is 0.160. The van der Waals surface area contributed by atoms with E-state index in [9.17, 15) is 14.4 Å². The summed E-state index contributed by atoms with van der Waals surface area (Å²) in [6.07, 6.45) is 0.269. The van der Waals surface area contributed by atoms with Gasteiger partial charge in [0.05, 0.1) is 17.7 Å². The van der Waals surface area contributed by atoms with Gasteiger partial charge in [-0.2, -0.15) is 0 Å². The van der Waals surface area contributed by atoms with E-state index in [2.05, 4.69) is 0 Å². The molecule has 0 unspecified atom stereocenters. The van der Waals surface area contributed by atoms with Gasteiger partial charge in [0, 0.05) is 18.5 Å². The molecule has 1 aliphatic heterocycles. The normalized spacial score (nSPS) is 13.4. The predicted molar refractivity (Wildman–Crippen MR) is 119 cm³/mol. The van der Waals surface area contributed by atoms with E-state index >= 15 is 0 Å². The summed E-state index contributed by atoms with van der Waals surface area (Å²) in [6.45, 7) is 0.350. The zero-order chi connectivity index (χ0) is 22.7. The Labute approximate surface area is 190 Å². The molecule has 1 aliphatic rings. The number of esters is 2. The third kappa shape index (κ3) is 4.36. The molecule has 1 atom stereocenters. The average Bonchev–Trinajstić information content (AvgIpc) is 3.14. The number of rotatable bonds is 6. The van der Waals surface area contributed by atoms with Crippen LogP contribution >= 0.6 is 11.6 Å². The van der Waals surface area contributed by atoms with Gasteiger partial charge >= 0.3 is 11.9 Å². The number of amides is 1. The molecule has 6 nitrogen and oxygen atoms in total. The van der Waals surface area contributed by atoms with Gasteiger partial charge in [-0.15, -0.1) is 0 Å². The van der Waals surface area contributed by atoms with Crippen LogP contribution in [0.1, 0.15) is 31.8 Å². The minimum absolute atomic E-state index is 0.193. The number of hydrogen-bond acceptors (Lipinski definition) is 5. The Morgan fingerprint density at radius 3 is 2.38 bits per heavy atom. The first-order valence-corrected chi connectivity index (χ1v) is 10.4. The molecule has 0 saturated carbocycles. The van der Waals surface area contributed by atoms with E-state index in [-0.39, 0.29) is 17.9 Å². The van der Waals surface area contributed by atoms with Crippen LogP contribution in [0.4, 0.5) is 0 Å². The van der Waals surface area contributed by atoms with Crippen molar-refractivity contribution in [3.8, 4) is 5.75 Å². The highest BCUT2D eigenvalue weighted by molar-refractivity contribution is 6.33. The zero-order valence-electron chi connectivity index (χ0n) is 17.3. The molecule has 4 rings (SSSR count). The van der Waals surface area contributed by atoms with Crippen molar-refractivity contribution in [3.63, 3.8) is 0 Å². The number of halogens is 1. The summed E-state index contributed by atoms with van der Waals surface area (Å²) in [4.78, 5) is 39.2. The van der Waals surface area contributed by atoms with Crippen molar-refractivity contribution in [2.75, 3.05) is 7.11 Å². The fourth-order valence-corrected chi connectivity index (χ4v) is 3.90. The number of benzene rings is 3.